The van der Waals surface area contributed by atoms with Gasteiger partial charge in [0.2, 0.25) is 11.8 Å². The lowest BCUT2D eigenvalue weighted by molar-refractivity contribution is -0.140. The van der Waals surface area contributed by atoms with Crippen molar-refractivity contribution in [1.82, 2.24) is 10.2 Å². The van der Waals surface area contributed by atoms with Crippen molar-refractivity contribution in [3.05, 3.63) is 132 Å². The summed E-state index contributed by atoms with van der Waals surface area (Å²) in [7, 11) is -4.10. The summed E-state index contributed by atoms with van der Waals surface area (Å²) in [6, 6.07) is 33.1. The van der Waals surface area contributed by atoms with Crippen molar-refractivity contribution >= 4 is 27.5 Å². The minimum absolute atomic E-state index is 0.0772. The van der Waals surface area contributed by atoms with E-state index in [0.29, 0.717) is 12.2 Å². The normalized spacial score (nSPS) is 11.9. The predicted molar refractivity (Wildman–Crippen MR) is 166 cm³/mol. The standard InChI is InChI=1S/C34H37N3O4S/c1-3-22-35-34(39)32(24-28-15-7-4-8-16-28)36(25-29-17-13-14-27(2)23-29)33(38)26-37(30-18-9-5-10-19-30)42(40,41)31-20-11-6-12-21-31/h4-21,23,32H,3,22,24-26H2,1-2H3,(H,35,39). The molecule has 7 nitrogen and oxygen atoms in total. The maximum Gasteiger partial charge on any atom is 0.264 e. The first-order valence-electron chi connectivity index (χ1n) is 14.1. The highest BCUT2D eigenvalue weighted by atomic mass is 32.2. The Balaban J connectivity index is 1.77. The molecule has 8 heteroatoms. The Morgan fingerprint density at radius 3 is 2.00 bits per heavy atom. The molecule has 1 atom stereocenters. The number of nitrogens with zero attached hydrogens (tertiary/aromatic N) is 2. The molecule has 42 heavy (non-hydrogen) atoms. The van der Waals surface area contributed by atoms with Crippen LogP contribution in [0.25, 0.3) is 0 Å². The van der Waals surface area contributed by atoms with Crippen molar-refractivity contribution < 1.29 is 18.0 Å². The Morgan fingerprint density at radius 1 is 0.786 bits per heavy atom. The van der Waals surface area contributed by atoms with Crippen LogP contribution in [-0.4, -0.2) is 44.3 Å². The average Bonchev–Trinajstić information content (AvgIpc) is 3.01. The van der Waals surface area contributed by atoms with Gasteiger partial charge in [0.1, 0.15) is 12.6 Å². The third kappa shape index (κ3) is 7.85. The molecule has 1 N–H and O–H groups in total. The molecule has 0 aliphatic heterocycles. The van der Waals surface area contributed by atoms with E-state index >= 15 is 0 Å². The monoisotopic (exact) mass is 583 g/mol. The molecule has 0 heterocycles. The first kappa shape index (κ1) is 30.5. The highest BCUT2D eigenvalue weighted by molar-refractivity contribution is 7.92. The zero-order chi connectivity index (χ0) is 30.0. The summed E-state index contributed by atoms with van der Waals surface area (Å²) in [5.41, 5.74) is 3.13. The molecule has 0 aliphatic rings. The fourth-order valence-electron chi connectivity index (χ4n) is 4.77. The summed E-state index contributed by atoms with van der Waals surface area (Å²) in [5.74, 6) is -0.758. The summed E-state index contributed by atoms with van der Waals surface area (Å²) in [4.78, 5) is 29.6. The summed E-state index contributed by atoms with van der Waals surface area (Å²) < 4.78 is 28.9. The number of benzene rings is 4. The van der Waals surface area contributed by atoms with Crippen LogP contribution in [0.5, 0.6) is 0 Å². The molecule has 0 fully saturated rings. The number of rotatable bonds is 13. The van der Waals surface area contributed by atoms with E-state index in [1.807, 2.05) is 68.4 Å². The molecule has 2 amide bonds. The molecular formula is C34H37N3O4S. The topological polar surface area (TPSA) is 86.8 Å². The molecule has 218 valence electrons. The number of aryl methyl sites for hydroxylation is 1. The predicted octanol–water partition coefficient (Wildman–Crippen LogP) is 5.36. The van der Waals surface area contributed by atoms with E-state index in [2.05, 4.69) is 5.32 Å². The van der Waals surface area contributed by atoms with Crippen LogP contribution in [0.15, 0.2) is 120 Å². The molecule has 0 aliphatic carbocycles. The van der Waals surface area contributed by atoms with Gasteiger partial charge in [0.05, 0.1) is 10.6 Å². The number of hydrogen-bond donors (Lipinski definition) is 1. The van der Waals surface area contributed by atoms with Gasteiger partial charge in [-0.05, 0) is 48.7 Å². The molecule has 4 aromatic carbocycles. The van der Waals surface area contributed by atoms with E-state index < -0.39 is 28.5 Å². The Labute approximate surface area is 248 Å². The lowest BCUT2D eigenvalue weighted by atomic mass is 10.0. The quantitative estimate of drug-likeness (QED) is 0.230. The van der Waals surface area contributed by atoms with Gasteiger partial charge in [0.15, 0.2) is 0 Å². The summed E-state index contributed by atoms with van der Waals surface area (Å²) in [5, 5.41) is 2.96. The number of para-hydroxylation sites is 1. The van der Waals surface area contributed by atoms with E-state index in [4.69, 9.17) is 0 Å². The van der Waals surface area contributed by atoms with Crippen LogP contribution in [0.1, 0.15) is 30.0 Å². The fraction of sp³-hybridized carbons (Fsp3) is 0.235. The molecule has 0 spiro atoms. The van der Waals surface area contributed by atoms with Crippen molar-refractivity contribution in [3.8, 4) is 0 Å². The van der Waals surface area contributed by atoms with Crippen LogP contribution < -0.4 is 9.62 Å². The smallest absolute Gasteiger partial charge is 0.264 e. The molecule has 0 bridgehead atoms. The van der Waals surface area contributed by atoms with Crippen LogP contribution >= 0.6 is 0 Å². The van der Waals surface area contributed by atoms with E-state index in [-0.39, 0.29) is 23.8 Å². The number of nitrogens with one attached hydrogen (secondary N) is 1. The Kier molecular flexibility index (Phi) is 10.5. The van der Waals surface area contributed by atoms with E-state index in [1.54, 1.807) is 48.5 Å². The van der Waals surface area contributed by atoms with Crippen molar-refractivity contribution in [1.29, 1.82) is 0 Å². The minimum atomic E-state index is -4.10. The number of carbonyl (C=O) groups excluding carboxylic acids is 2. The third-order valence-electron chi connectivity index (χ3n) is 6.91. The van der Waals surface area contributed by atoms with Crippen molar-refractivity contribution in [2.24, 2.45) is 0 Å². The summed E-state index contributed by atoms with van der Waals surface area (Å²) in [6.07, 6.45) is 1.03. The second-order valence-corrected chi connectivity index (χ2v) is 12.0. The van der Waals surface area contributed by atoms with Crippen LogP contribution in [0.2, 0.25) is 0 Å². The second-order valence-electron chi connectivity index (χ2n) is 10.2. The molecule has 0 saturated carbocycles. The van der Waals surface area contributed by atoms with Gasteiger partial charge in [-0.3, -0.25) is 13.9 Å². The van der Waals surface area contributed by atoms with Crippen LogP contribution in [-0.2, 0) is 32.6 Å². The SMILES string of the molecule is CCCNC(=O)C(Cc1ccccc1)N(Cc1cccc(C)c1)C(=O)CN(c1ccccc1)S(=O)(=O)c1ccccc1. The van der Waals surface area contributed by atoms with Gasteiger partial charge in [-0.15, -0.1) is 0 Å². The van der Waals surface area contributed by atoms with Crippen molar-refractivity contribution in [2.75, 3.05) is 17.4 Å². The number of hydrogen-bond acceptors (Lipinski definition) is 4. The molecule has 4 aromatic rings. The lowest BCUT2D eigenvalue weighted by Gasteiger charge is -2.34. The highest BCUT2D eigenvalue weighted by Gasteiger charge is 2.34. The third-order valence-corrected chi connectivity index (χ3v) is 8.70. The maximum absolute atomic E-state index is 14.3. The van der Waals surface area contributed by atoms with Gasteiger partial charge >= 0.3 is 0 Å². The molecule has 1 unspecified atom stereocenters. The Bertz CT molecular complexity index is 1560. The zero-order valence-electron chi connectivity index (χ0n) is 24.0. The second kappa shape index (κ2) is 14.5. The highest BCUT2D eigenvalue weighted by Crippen LogP contribution is 2.25. The van der Waals surface area contributed by atoms with Crippen LogP contribution in [0.4, 0.5) is 5.69 Å². The largest absolute Gasteiger partial charge is 0.354 e. The van der Waals surface area contributed by atoms with E-state index in [0.717, 1.165) is 27.4 Å². The Hall–Kier alpha value is -4.43. The summed E-state index contributed by atoms with van der Waals surface area (Å²) >= 11 is 0. The van der Waals surface area contributed by atoms with Gasteiger partial charge < -0.3 is 10.2 Å². The van der Waals surface area contributed by atoms with Gasteiger partial charge in [-0.2, -0.15) is 0 Å². The van der Waals surface area contributed by atoms with Crippen LogP contribution in [0, 0.1) is 6.92 Å². The summed E-state index contributed by atoms with van der Waals surface area (Å²) in [6.45, 7) is 4.07. The molecule has 4 rings (SSSR count). The number of amides is 2. The van der Waals surface area contributed by atoms with E-state index in [1.165, 1.54) is 17.0 Å². The average molecular weight is 584 g/mol. The zero-order valence-corrected chi connectivity index (χ0v) is 24.8. The molecular weight excluding hydrogens is 546 g/mol. The first-order valence-corrected chi connectivity index (χ1v) is 15.5. The number of sulfonamides is 1. The van der Waals surface area contributed by atoms with Crippen LogP contribution in [0.3, 0.4) is 0 Å². The van der Waals surface area contributed by atoms with E-state index in [9.17, 15) is 18.0 Å². The first-order chi connectivity index (χ1) is 20.3. The molecule has 0 saturated heterocycles. The van der Waals surface area contributed by atoms with Crippen molar-refractivity contribution in [2.45, 2.75) is 44.2 Å². The molecule has 0 aromatic heterocycles. The van der Waals surface area contributed by atoms with Crippen molar-refractivity contribution in [3.63, 3.8) is 0 Å². The Morgan fingerprint density at radius 2 is 1.38 bits per heavy atom. The minimum Gasteiger partial charge on any atom is -0.354 e. The number of carbonyl (C=O) groups is 2. The van der Waals surface area contributed by atoms with Gasteiger partial charge in [0, 0.05) is 19.5 Å². The lowest BCUT2D eigenvalue weighted by Crippen LogP contribution is -2.53. The van der Waals surface area contributed by atoms with Gasteiger partial charge in [0.25, 0.3) is 10.0 Å². The molecule has 0 radical (unpaired) electrons. The maximum atomic E-state index is 14.3. The number of anilines is 1. The van der Waals surface area contributed by atoms with Gasteiger partial charge in [-0.25, -0.2) is 8.42 Å². The fourth-order valence-corrected chi connectivity index (χ4v) is 6.21. The van der Waals surface area contributed by atoms with Gasteiger partial charge in [-0.1, -0.05) is 103 Å².